The Labute approximate surface area is 130 Å². The van der Waals surface area contributed by atoms with Crippen LogP contribution in [0.4, 0.5) is 0 Å². The van der Waals surface area contributed by atoms with Crippen molar-refractivity contribution < 1.29 is 0 Å². The Kier molecular flexibility index (Phi) is 5.08. The highest BCUT2D eigenvalue weighted by Gasteiger charge is 2.31. The molecule has 3 rings (SSSR count). The number of nitrogens with one attached hydrogen (secondary N) is 2. The number of nitrogens with zero attached hydrogens (tertiary/aromatic N) is 1. The fraction of sp³-hybridized carbons (Fsp3) is 0.400. The summed E-state index contributed by atoms with van der Waals surface area (Å²) in [5.41, 5.74) is 3.70. The Morgan fingerprint density at radius 2 is 2.05 bits per heavy atom. The lowest BCUT2D eigenvalue weighted by Crippen LogP contribution is -2.22. The molecule has 1 saturated carbocycles. The summed E-state index contributed by atoms with van der Waals surface area (Å²) in [6, 6.07) is 8.61. The Morgan fingerprint density at radius 3 is 2.60 bits per heavy atom. The molecule has 0 radical (unpaired) electrons. The van der Waals surface area contributed by atoms with Crippen LogP contribution in [0, 0.1) is 12.8 Å². The first kappa shape index (κ1) is 15.4. The Hall–Kier alpha value is -1.03. The third-order valence-electron chi connectivity index (χ3n) is 3.77. The zero-order valence-electron chi connectivity index (χ0n) is 11.4. The predicted molar refractivity (Wildman–Crippen MR) is 84.3 cm³/mol. The maximum Gasteiger partial charge on any atom is 0.0535 e. The number of rotatable bonds is 5. The van der Waals surface area contributed by atoms with E-state index in [1.54, 1.807) is 0 Å². The Balaban J connectivity index is 0.00000147. The quantitative estimate of drug-likeness (QED) is 0.875. The van der Waals surface area contributed by atoms with E-state index in [0.717, 1.165) is 23.2 Å². The summed E-state index contributed by atoms with van der Waals surface area (Å²) in [6.07, 6.45) is 4.52. The van der Waals surface area contributed by atoms with E-state index in [-0.39, 0.29) is 12.4 Å². The summed E-state index contributed by atoms with van der Waals surface area (Å²) >= 11 is 5.96. The minimum Gasteiger partial charge on any atom is -0.305 e. The van der Waals surface area contributed by atoms with Crippen molar-refractivity contribution in [1.82, 2.24) is 15.5 Å². The van der Waals surface area contributed by atoms with E-state index in [4.69, 9.17) is 11.6 Å². The molecule has 2 N–H and O–H groups in total. The van der Waals surface area contributed by atoms with E-state index in [1.165, 1.54) is 24.0 Å². The number of aryl methyl sites for hydroxylation is 1. The smallest absolute Gasteiger partial charge is 0.0535 e. The van der Waals surface area contributed by atoms with E-state index in [9.17, 15) is 0 Å². The lowest BCUT2D eigenvalue weighted by molar-refractivity contribution is 0.480. The number of halogens is 2. The van der Waals surface area contributed by atoms with E-state index in [0.29, 0.717) is 6.04 Å². The van der Waals surface area contributed by atoms with Gasteiger partial charge in [-0.2, -0.15) is 5.10 Å². The van der Waals surface area contributed by atoms with E-state index in [2.05, 4.69) is 34.6 Å². The number of hydrogen-bond acceptors (Lipinski definition) is 2. The molecule has 108 valence electrons. The van der Waals surface area contributed by atoms with Gasteiger partial charge in [-0.05, 0) is 43.4 Å². The van der Waals surface area contributed by atoms with Crippen LogP contribution in [0.1, 0.15) is 35.7 Å². The first-order valence-corrected chi connectivity index (χ1v) is 7.09. The van der Waals surface area contributed by atoms with Gasteiger partial charge in [0, 0.05) is 28.9 Å². The molecule has 1 aromatic heterocycles. The van der Waals surface area contributed by atoms with E-state index >= 15 is 0 Å². The average Bonchev–Trinajstić information content (AvgIpc) is 3.16. The second-order valence-corrected chi connectivity index (χ2v) is 5.70. The number of benzene rings is 1. The van der Waals surface area contributed by atoms with Crippen LogP contribution in [0.3, 0.4) is 0 Å². The standard InChI is InChI=1S/C15H18ClN3.ClH/c1-10-13(9-18-19-10)8-17-15(11-2-3-11)12-4-6-14(16)7-5-12;/h4-7,9,11,15,17H,2-3,8H2,1H3,(H,18,19);1H. The first-order chi connectivity index (χ1) is 9.24. The van der Waals surface area contributed by atoms with Gasteiger partial charge in [0.25, 0.3) is 0 Å². The molecular weight excluding hydrogens is 293 g/mol. The molecule has 1 unspecified atom stereocenters. The Morgan fingerprint density at radius 1 is 1.35 bits per heavy atom. The topological polar surface area (TPSA) is 40.7 Å². The molecule has 0 spiro atoms. The number of H-pyrrole nitrogens is 1. The van der Waals surface area contributed by atoms with Crippen LogP contribution in [0.25, 0.3) is 0 Å². The van der Waals surface area contributed by atoms with Crippen molar-refractivity contribution in [2.45, 2.75) is 32.4 Å². The zero-order valence-corrected chi connectivity index (χ0v) is 13.0. The molecule has 0 saturated heterocycles. The van der Waals surface area contributed by atoms with Crippen LogP contribution in [0.2, 0.25) is 5.02 Å². The lowest BCUT2D eigenvalue weighted by Gasteiger charge is -2.18. The summed E-state index contributed by atoms with van der Waals surface area (Å²) in [7, 11) is 0. The van der Waals surface area contributed by atoms with Gasteiger partial charge in [0.1, 0.15) is 0 Å². The summed E-state index contributed by atoms with van der Waals surface area (Å²) in [5, 5.41) is 11.5. The van der Waals surface area contributed by atoms with Crippen molar-refractivity contribution in [2.24, 2.45) is 5.92 Å². The third-order valence-corrected chi connectivity index (χ3v) is 4.02. The molecule has 1 aromatic carbocycles. The largest absolute Gasteiger partial charge is 0.305 e. The van der Waals surface area contributed by atoms with Crippen molar-refractivity contribution in [1.29, 1.82) is 0 Å². The maximum absolute atomic E-state index is 5.96. The highest BCUT2D eigenvalue weighted by molar-refractivity contribution is 6.30. The van der Waals surface area contributed by atoms with Crippen molar-refractivity contribution in [3.8, 4) is 0 Å². The van der Waals surface area contributed by atoms with E-state index < -0.39 is 0 Å². The van der Waals surface area contributed by atoms with Crippen LogP contribution in [-0.4, -0.2) is 10.2 Å². The molecule has 1 fully saturated rings. The van der Waals surface area contributed by atoms with Crippen molar-refractivity contribution >= 4 is 24.0 Å². The van der Waals surface area contributed by atoms with Gasteiger partial charge in [-0.15, -0.1) is 12.4 Å². The summed E-state index contributed by atoms with van der Waals surface area (Å²) < 4.78 is 0. The van der Waals surface area contributed by atoms with Gasteiger partial charge in [0.15, 0.2) is 0 Å². The van der Waals surface area contributed by atoms with Crippen molar-refractivity contribution in [3.63, 3.8) is 0 Å². The molecular formula is C15H19Cl2N3. The van der Waals surface area contributed by atoms with Gasteiger partial charge in [-0.25, -0.2) is 0 Å². The van der Waals surface area contributed by atoms with Gasteiger partial charge in [-0.1, -0.05) is 23.7 Å². The molecule has 3 nitrogen and oxygen atoms in total. The normalized spacial score (nSPS) is 15.7. The molecule has 20 heavy (non-hydrogen) atoms. The summed E-state index contributed by atoms with van der Waals surface area (Å²) in [5.74, 6) is 0.758. The molecule has 1 aliphatic carbocycles. The van der Waals surface area contributed by atoms with Crippen LogP contribution in [0.5, 0.6) is 0 Å². The monoisotopic (exact) mass is 311 g/mol. The minimum atomic E-state index is 0. The van der Waals surface area contributed by atoms with Crippen LogP contribution < -0.4 is 5.32 Å². The molecule has 1 atom stereocenters. The van der Waals surface area contributed by atoms with Gasteiger partial charge in [0.2, 0.25) is 0 Å². The third kappa shape index (κ3) is 3.54. The molecule has 0 aliphatic heterocycles. The Bertz CT molecular complexity index is 547. The van der Waals surface area contributed by atoms with Gasteiger partial charge < -0.3 is 5.32 Å². The van der Waals surface area contributed by atoms with Crippen LogP contribution in [-0.2, 0) is 6.54 Å². The maximum atomic E-state index is 5.96. The highest BCUT2D eigenvalue weighted by Crippen LogP contribution is 2.41. The molecule has 1 heterocycles. The summed E-state index contributed by atoms with van der Waals surface area (Å²) in [6.45, 7) is 2.91. The second-order valence-electron chi connectivity index (χ2n) is 5.27. The number of hydrogen-bond donors (Lipinski definition) is 2. The van der Waals surface area contributed by atoms with Crippen LogP contribution >= 0.6 is 24.0 Å². The highest BCUT2D eigenvalue weighted by atomic mass is 35.5. The first-order valence-electron chi connectivity index (χ1n) is 6.72. The zero-order chi connectivity index (χ0) is 13.2. The van der Waals surface area contributed by atoms with Crippen molar-refractivity contribution in [2.75, 3.05) is 0 Å². The molecule has 2 aromatic rings. The molecule has 0 bridgehead atoms. The fourth-order valence-corrected chi connectivity index (χ4v) is 2.56. The van der Waals surface area contributed by atoms with Gasteiger partial charge in [-0.3, -0.25) is 5.10 Å². The molecule has 1 aliphatic rings. The predicted octanol–water partition coefficient (Wildman–Crippen LogP) is 4.03. The minimum absolute atomic E-state index is 0. The summed E-state index contributed by atoms with van der Waals surface area (Å²) in [4.78, 5) is 0. The van der Waals surface area contributed by atoms with Gasteiger partial charge >= 0.3 is 0 Å². The average molecular weight is 312 g/mol. The molecule has 5 heteroatoms. The number of aromatic amines is 1. The van der Waals surface area contributed by atoms with Crippen LogP contribution in [0.15, 0.2) is 30.5 Å². The lowest BCUT2D eigenvalue weighted by atomic mass is 10.0. The molecule has 0 amide bonds. The van der Waals surface area contributed by atoms with E-state index in [1.807, 2.05) is 18.3 Å². The fourth-order valence-electron chi connectivity index (χ4n) is 2.43. The number of aromatic nitrogens is 2. The second kappa shape index (κ2) is 6.61. The van der Waals surface area contributed by atoms with Gasteiger partial charge in [0.05, 0.1) is 6.20 Å². The van der Waals surface area contributed by atoms with Crippen molar-refractivity contribution in [3.05, 3.63) is 52.3 Å². The SMILES string of the molecule is Cc1[nH]ncc1CNC(c1ccc(Cl)cc1)C1CC1.Cl.